The zero-order valence-electron chi connectivity index (χ0n) is 9.60. The van der Waals surface area contributed by atoms with E-state index in [1.54, 1.807) is 25.3 Å². The van der Waals surface area contributed by atoms with Crippen LogP contribution in [-0.2, 0) is 0 Å². The van der Waals surface area contributed by atoms with Crippen LogP contribution in [-0.4, -0.2) is 10.1 Å². The number of nitrogens with zero attached hydrogens (tertiary/aromatic N) is 1. The number of benzene rings is 1. The molecule has 0 saturated carbocycles. The van der Waals surface area contributed by atoms with Gasteiger partial charge < -0.3 is 9.84 Å². The molecule has 94 valence electrons. The van der Waals surface area contributed by atoms with Gasteiger partial charge >= 0.3 is 0 Å². The van der Waals surface area contributed by atoms with E-state index in [0.717, 1.165) is 0 Å². The van der Waals surface area contributed by atoms with E-state index in [9.17, 15) is 9.50 Å². The maximum atomic E-state index is 13.1. The molecule has 1 aromatic carbocycles. The van der Waals surface area contributed by atoms with Crippen LogP contribution in [0.25, 0.3) is 0 Å². The molecule has 0 saturated heterocycles. The molecule has 1 heterocycles. The fourth-order valence-electron chi connectivity index (χ4n) is 1.46. The molecule has 1 atom stereocenters. The number of aromatic nitrogens is 1. The molecule has 2 aromatic rings. The first-order valence-electron chi connectivity index (χ1n) is 5.34. The van der Waals surface area contributed by atoms with Crippen molar-refractivity contribution in [3.8, 4) is 11.6 Å². The van der Waals surface area contributed by atoms with E-state index in [0.29, 0.717) is 21.7 Å². The summed E-state index contributed by atoms with van der Waals surface area (Å²) in [5.41, 5.74) is 0.581. The van der Waals surface area contributed by atoms with Gasteiger partial charge in [-0.2, -0.15) is 0 Å². The second-order valence-electron chi connectivity index (χ2n) is 3.75. The summed E-state index contributed by atoms with van der Waals surface area (Å²) in [5.74, 6) is 0.397. The summed E-state index contributed by atoms with van der Waals surface area (Å²) >= 11 is 3.08. The Bertz CT molecular complexity index is 560. The van der Waals surface area contributed by atoms with E-state index >= 15 is 0 Å². The van der Waals surface area contributed by atoms with Crippen molar-refractivity contribution >= 4 is 15.9 Å². The highest BCUT2D eigenvalue weighted by molar-refractivity contribution is 9.10. The van der Waals surface area contributed by atoms with Crippen molar-refractivity contribution in [3.63, 3.8) is 0 Å². The number of hydrogen-bond donors (Lipinski definition) is 1. The van der Waals surface area contributed by atoms with Crippen LogP contribution in [0.3, 0.4) is 0 Å². The highest BCUT2D eigenvalue weighted by Gasteiger charge is 2.11. The average Bonchev–Trinajstić information content (AvgIpc) is 2.34. The molecule has 0 unspecified atom stereocenters. The van der Waals surface area contributed by atoms with Crippen LogP contribution >= 0.6 is 15.9 Å². The summed E-state index contributed by atoms with van der Waals surface area (Å²) in [4.78, 5) is 4.06. The molecule has 0 spiro atoms. The van der Waals surface area contributed by atoms with Gasteiger partial charge in [-0.25, -0.2) is 9.37 Å². The van der Waals surface area contributed by atoms with Crippen molar-refractivity contribution in [3.05, 3.63) is 52.4 Å². The van der Waals surface area contributed by atoms with Gasteiger partial charge in [-0.1, -0.05) is 0 Å². The van der Waals surface area contributed by atoms with Crippen molar-refractivity contribution < 1.29 is 14.2 Å². The van der Waals surface area contributed by atoms with E-state index in [1.807, 2.05) is 0 Å². The second-order valence-corrected chi connectivity index (χ2v) is 4.61. The smallest absolute Gasteiger partial charge is 0.225 e. The summed E-state index contributed by atoms with van der Waals surface area (Å²) in [6, 6.07) is 7.75. The van der Waals surface area contributed by atoms with Crippen molar-refractivity contribution in [2.24, 2.45) is 0 Å². The van der Waals surface area contributed by atoms with E-state index in [4.69, 9.17) is 4.74 Å². The van der Waals surface area contributed by atoms with Crippen LogP contribution < -0.4 is 4.74 Å². The molecule has 0 bridgehead atoms. The van der Waals surface area contributed by atoms with E-state index in [1.165, 1.54) is 18.2 Å². The standard InChI is InChI=1S/C13H11BrFNO2/c1-8(17)10-3-2-6-16-13(10)18-9-4-5-12(15)11(14)7-9/h2-8,17H,1H3/t8-/m0/s1. The molecule has 0 aliphatic rings. The lowest BCUT2D eigenvalue weighted by Gasteiger charge is -2.11. The van der Waals surface area contributed by atoms with Crippen LogP contribution in [0.1, 0.15) is 18.6 Å². The van der Waals surface area contributed by atoms with Crippen molar-refractivity contribution in [2.45, 2.75) is 13.0 Å². The molecular weight excluding hydrogens is 301 g/mol. The number of aliphatic hydroxyl groups excluding tert-OH is 1. The summed E-state index contributed by atoms with van der Waals surface area (Å²) in [6.45, 7) is 1.63. The molecule has 18 heavy (non-hydrogen) atoms. The molecule has 5 heteroatoms. The molecule has 0 radical (unpaired) electrons. The predicted octanol–water partition coefficient (Wildman–Crippen LogP) is 3.83. The Kier molecular flexibility index (Phi) is 3.93. The minimum atomic E-state index is -0.683. The van der Waals surface area contributed by atoms with Gasteiger partial charge in [0.05, 0.1) is 10.6 Å². The van der Waals surface area contributed by atoms with Crippen LogP contribution in [0, 0.1) is 5.82 Å². The molecule has 0 aliphatic heterocycles. The Labute approximate surface area is 112 Å². The highest BCUT2D eigenvalue weighted by Crippen LogP contribution is 2.29. The first-order valence-corrected chi connectivity index (χ1v) is 6.13. The Morgan fingerprint density at radius 1 is 1.39 bits per heavy atom. The topological polar surface area (TPSA) is 42.4 Å². The third-order valence-corrected chi connectivity index (χ3v) is 2.96. The van der Waals surface area contributed by atoms with Crippen LogP contribution in [0.2, 0.25) is 0 Å². The Morgan fingerprint density at radius 3 is 2.83 bits per heavy atom. The monoisotopic (exact) mass is 311 g/mol. The van der Waals surface area contributed by atoms with Crippen LogP contribution in [0.5, 0.6) is 11.6 Å². The molecule has 3 nitrogen and oxygen atoms in total. The zero-order valence-corrected chi connectivity index (χ0v) is 11.2. The molecule has 0 amide bonds. The Hall–Kier alpha value is -1.46. The Morgan fingerprint density at radius 2 is 2.17 bits per heavy atom. The van der Waals surface area contributed by atoms with Gasteiger partial charge in [0.25, 0.3) is 0 Å². The lowest BCUT2D eigenvalue weighted by molar-refractivity contribution is 0.194. The van der Waals surface area contributed by atoms with Gasteiger partial charge in [0.2, 0.25) is 5.88 Å². The summed E-state index contributed by atoms with van der Waals surface area (Å²) in [5, 5.41) is 9.59. The first kappa shape index (κ1) is 13.0. The molecular formula is C13H11BrFNO2. The lowest BCUT2D eigenvalue weighted by atomic mass is 10.2. The maximum Gasteiger partial charge on any atom is 0.225 e. The summed E-state index contributed by atoms with van der Waals surface area (Å²) in [6.07, 6.45) is 0.886. The second kappa shape index (κ2) is 5.46. The predicted molar refractivity (Wildman–Crippen MR) is 69.0 cm³/mol. The summed E-state index contributed by atoms with van der Waals surface area (Å²) in [7, 11) is 0. The fourth-order valence-corrected chi connectivity index (χ4v) is 1.82. The van der Waals surface area contributed by atoms with Crippen LogP contribution in [0.15, 0.2) is 41.0 Å². The molecule has 0 fully saturated rings. The zero-order chi connectivity index (χ0) is 13.1. The van der Waals surface area contributed by atoms with Gasteiger partial charge in [0, 0.05) is 11.8 Å². The molecule has 2 rings (SSSR count). The maximum absolute atomic E-state index is 13.1. The first-order chi connectivity index (χ1) is 8.58. The largest absolute Gasteiger partial charge is 0.439 e. The normalized spacial score (nSPS) is 12.2. The van der Waals surface area contributed by atoms with Crippen molar-refractivity contribution in [1.82, 2.24) is 4.98 Å². The molecule has 1 aromatic heterocycles. The van der Waals surface area contributed by atoms with Gasteiger partial charge in [-0.15, -0.1) is 0 Å². The number of ether oxygens (including phenoxy) is 1. The van der Waals surface area contributed by atoms with Gasteiger partial charge in [0.1, 0.15) is 11.6 Å². The fraction of sp³-hybridized carbons (Fsp3) is 0.154. The Balaban J connectivity index is 2.31. The van der Waals surface area contributed by atoms with E-state index in [2.05, 4.69) is 20.9 Å². The molecule has 1 N–H and O–H groups in total. The summed E-state index contributed by atoms with van der Waals surface area (Å²) < 4.78 is 18.9. The minimum absolute atomic E-state index is 0.311. The quantitative estimate of drug-likeness (QED) is 0.936. The third kappa shape index (κ3) is 2.86. The lowest BCUT2D eigenvalue weighted by Crippen LogP contribution is -1.98. The van der Waals surface area contributed by atoms with Gasteiger partial charge in [-0.05, 0) is 53.2 Å². The van der Waals surface area contributed by atoms with Crippen molar-refractivity contribution in [1.29, 1.82) is 0 Å². The number of hydrogen-bond acceptors (Lipinski definition) is 3. The highest BCUT2D eigenvalue weighted by atomic mass is 79.9. The number of pyridine rings is 1. The van der Waals surface area contributed by atoms with Gasteiger partial charge in [0.15, 0.2) is 0 Å². The number of halogens is 2. The van der Waals surface area contributed by atoms with Crippen molar-refractivity contribution in [2.75, 3.05) is 0 Å². The van der Waals surface area contributed by atoms with Crippen LogP contribution in [0.4, 0.5) is 4.39 Å². The van der Waals surface area contributed by atoms with E-state index in [-0.39, 0.29) is 5.82 Å². The third-order valence-electron chi connectivity index (χ3n) is 2.36. The average molecular weight is 312 g/mol. The SMILES string of the molecule is C[C@H](O)c1cccnc1Oc1ccc(F)c(Br)c1. The minimum Gasteiger partial charge on any atom is -0.439 e. The number of aliphatic hydroxyl groups is 1. The van der Waals surface area contributed by atoms with Gasteiger partial charge in [-0.3, -0.25) is 0 Å². The van der Waals surface area contributed by atoms with E-state index < -0.39 is 6.10 Å². The molecule has 0 aliphatic carbocycles. The number of rotatable bonds is 3.